The van der Waals surface area contributed by atoms with Crippen LogP contribution in [-0.2, 0) is 4.79 Å². The first-order valence-electron chi connectivity index (χ1n) is 8.26. The van der Waals surface area contributed by atoms with Crippen LogP contribution in [0.4, 0.5) is 0 Å². The minimum atomic E-state index is -0.628. The minimum Gasteiger partial charge on any atom is -0.481 e. The molecule has 0 rings (SSSR count). The third-order valence-corrected chi connectivity index (χ3v) is 3.63. The van der Waals surface area contributed by atoms with Gasteiger partial charge in [0, 0.05) is 0 Å². The van der Waals surface area contributed by atoms with Gasteiger partial charge in [0.2, 0.25) is 0 Å². The Hall–Kier alpha value is -1.05. The van der Waals surface area contributed by atoms with E-state index < -0.39 is 5.97 Å². The van der Waals surface area contributed by atoms with E-state index in [0.29, 0.717) is 0 Å². The standard InChI is InChI=1S/C18H32O2/c1-3-5-6-7-8-9-10-11-12-13-14-15-16-17(4-2)18(19)20/h5-8,17H,3-4,9-16H2,1-2H3,(H,19,20)/b6-5+,8-7+. The van der Waals surface area contributed by atoms with Crippen LogP contribution in [0, 0.1) is 5.92 Å². The molecular formula is C18H32O2. The van der Waals surface area contributed by atoms with Gasteiger partial charge in [0.1, 0.15) is 0 Å². The van der Waals surface area contributed by atoms with Crippen molar-refractivity contribution in [3.8, 4) is 0 Å². The third kappa shape index (κ3) is 12.0. The Morgan fingerprint density at radius 1 is 0.950 bits per heavy atom. The van der Waals surface area contributed by atoms with Crippen LogP contribution in [-0.4, -0.2) is 11.1 Å². The van der Waals surface area contributed by atoms with Crippen LogP contribution >= 0.6 is 0 Å². The SMILES string of the molecule is CC/C=C/C=C/CCCCCCCCC(CC)C(=O)O. The van der Waals surface area contributed by atoms with Crippen molar-refractivity contribution in [2.45, 2.75) is 78.1 Å². The molecule has 0 aliphatic rings. The van der Waals surface area contributed by atoms with Crippen molar-refractivity contribution in [1.29, 1.82) is 0 Å². The fourth-order valence-corrected chi connectivity index (χ4v) is 2.25. The summed E-state index contributed by atoms with van der Waals surface area (Å²) in [7, 11) is 0. The predicted octanol–water partition coefficient (Wildman–Crippen LogP) is 5.74. The van der Waals surface area contributed by atoms with Crippen LogP contribution in [0.2, 0.25) is 0 Å². The summed E-state index contributed by atoms with van der Waals surface area (Å²) in [6.07, 6.45) is 19.9. The Morgan fingerprint density at radius 3 is 2.15 bits per heavy atom. The predicted molar refractivity (Wildman–Crippen MR) is 86.9 cm³/mol. The smallest absolute Gasteiger partial charge is 0.306 e. The monoisotopic (exact) mass is 280 g/mol. The van der Waals surface area contributed by atoms with Crippen molar-refractivity contribution < 1.29 is 9.90 Å². The van der Waals surface area contributed by atoms with Gasteiger partial charge in [0.25, 0.3) is 0 Å². The molecule has 20 heavy (non-hydrogen) atoms. The molecule has 1 unspecified atom stereocenters. The van der Waals surface area contributed by atoms with Gasteiger partial charge in [0.05, 0.1) is 5.92 Å². The minimum absolute atomic E-state index is 0.128. The van der Waals surface area contributed by atoms with Crippen molar-refractivity contribution in [2.24, 2.45) is 5.92 Å². The summed E-state index contributed by atoms with van der Waals surface area (Å²) >= 11 is 0. The summed E-state index contributed by atoms with van der Waals surface area (Å²) < 4.78 is 0. The highest BCUT2D eigenvalue weighted by Gasteiger charge is 2.13. The molecule has 0 aromatic heterocycles. The van der Waals surface area contributed by atoms with Gasteiger partial charge in [-0.1, -0.05) is 70.3 Å². The van der Waals surface area contributed by atoms with Crippen molar-refractivity contribution >= 4 is 5.97 Å². The molecule has 0 aromatic carbocycles. The maximum atomic E-state index is 10.9. The average molecular weight is 280 g/mol. The molecule has 0 fully saturated rings. The first-order chi connectivity index (χ1) is 9.72. The van der Waals surface area contributed by atoms with E-state index >= 15 is 0 Å². The molecule has 0 heterocycles. The molecule has 1 N–H and O–H groups in total. The number of aliphatic carboxylic acids is 1. The number of carboxylic acids is 1. The van der Waals surface area contributed by atoms with Crippen molar-refractivity contribution in [1.82, 2.24) is 0 Å². The van der Waals surface area contributed by atoms with Crippen LogP contribution in [0.15, 0.2) is 24.3 Å². The van der Waals surface area contributed by atoms with E-state index in [0.717, 1.165) is 25.7 Å². The zero-order valence-electron chi connectivity index (χ0n) is 13.3. The van der Waals surface area contributed by atoms with Gasteiger partial charge < -0.3 is 5.11 Å². The first kappa shape index (κ1) is 18.9. The summed E-state index contributed by atoms with van der Waals surface area (Å²) in [4.78, 5) is 10.9. The van der Waals surface area contributed by atoms with E-state index in [2.05, 4.69) is 31.2 Å². The second-order valence-electron chi connectivity index (χ2n) is 5.41. The topological polar surface area (TPSA) is 37.3 Å². The lowest BCUT2D eigenvalue weighted by molar-refractivity contribution is -0.142. The lowest BCUT2D eigenvalue weighted by atomic mass is 9.98. The zero-order chi connectivity index (χ0) is 15.1. The summed E-state index contributed by atoms with van der Waals surface area (Å²) in [5.41, 5.74) is 0. The quantitative estimate of drug-likeness (QED) is 0.345. The molecule has 0 amide bonds. The highest BCUT2D eigenvalue weighted by molar-refractivity contribution is 5.69. The Kier molecular flexibility index (Phi) is 13.6. The molecule has 2 nitrogen and oxygen atoms in total. The number of unbranched alkanes of at least 4 members (excludes halogenated alkanes) is 6. The van der Waals surface area contributed by atoms with Crippen LogP contribution in [0.1, 0.15) is 78.1 Å². The van der Waals surface area contributed by atoms with E-state index in [1.54, 1.807) is 0 Å². The van der Waals surface area contributed by atoms with Crippen LogP contribution in [0.3, 0.4) is 0 Å². The molecule has 1 atom stereocenters. The Morgan fingerprint density at radius 2 is 1.55 bits per heavy atom. The fourth-order valence-electron chi connectivity index (χ4n) is 2.25. The maximum Gasteiger partial charge on any atom is 0.306 e. The van der Waals surface area contributed by atoms with Crippen molar-refractivity contribution in [3.05, 3.63) is 24.3 Å². The number of hydrogen-bond donors (Lipinski definition) is 1. The molecule has 2 heteroatoms. The van der Waals surface area contributed by atoms with Gasteiger partial charge in [-0.05, 0) is 32.1 Å². The highest BCUT2D eigenvalue weighted by Crippen LogP contribution is 2.15. The number of carbonyl (C=O) groups is 1. The Bertz CT molecular complexity index is 279. The van der Waals surface area contributed by atoms with Gasteiger partial charge in [-0.3, -0.25) is 4.79 Å². The zero-order valence-corrected chi connectivity index (χ0v) is 13.3. The Labute approximate surface area is 125 Å². The molecule has 0 spiro atoms. The van der Waals surface area contributed by atoms with Gasteiger partial charge in [-0.15, -0.1) is 0 Å². The van der Waals surface area contributed by atoms with Crippen LogP contribution in [0.5, 0.6) is 0 Å². The molecule has 0 saturated heterocycles. The van der Waals surface area contributed by atoms with Gasteiger partial charge in [-0.25, -0.2) is 0 Å². The first-order valence-corrected chi connectivity index (χ1v) is 8.26. The molecule has 0 radical (unpaired) electrons. The number of carboxylic acid groups (broad SMARTS) is 1. The van der Waals surface area contributed by atoms with Crippen LogP contribution in [0.25, 0.3) is 0 Å². The lowest BCUT2D eigenvalue weighted by Crippen LogP contribution is -2.12. The third-order valence-electron chi connectivity index (χ3n) is 3.63. The largest absolute Gasteiger partial charge is 0.481 e. The maximum absolute atomic E-state index is 10.9. The number of rotatable bonds is 13. The summed E-state index contributed by atoms with van der Waals surface area (Å²) in [5.74, 6) is -0.757. The average Bonchev–Trinajstić information content (AvgIpc) is 2.43. The molecule has 0 bridgehead atoms. The summed E-state index contributed by atoms with van der Waals surface area (Å²) in [6.45, 7) is 4.10. The second-order valence-corrected chi connectivity index (χ2v) is 5.41. The van der Waals surface area contributed by atoms with E-state index in [1.807, 2.05) is 6.92 Å². The molecule has 116 valence electrons. The summed E-state index contributed by atoms with van der Waals surface area (Å²) in [5, 5.41) is 8.94. The fraction of sp³-hybridized carbons (Fsp3) is 0.722. The molecule has 0 aliphatic carbocycles. The van der Waals surface area contributed by atoms with E-state index in [4.69, 9.17) is 5.11 Å². The lowest BCUT2D eigenvalue weighted by Gasteiger charge is -2.08. The van der Waals surface area contributed by atoms with Crippen molar-refractivity contribution in [3.63, 3.8) is 0 Å². The van der Waals surface area contributed by atoms with Crippen LogP contribution < -0.4 is 0 Å². The van der Waals surface area contributed by atoms with Gasteiger partial charge >= 0.3 is 5.97 Å². The number of hydrogen-bond acceptors (Lipinski definition) is 1. The highest BCUT2D eigenvalue weighted by atomic mass is 16.4. The normalized spacial score (nSPS) is 13.3. The number of allylic oxidation sites excluding steroid dienone is 4. The van der Waals surface area contributed by atoms with E-state index in [1.165, 1.54) is 38.5 Å². The van der Waals surface area contributed by atoms with Crippen molar-refractivity contribution in [2.75, 3.05) is 0 Å². The Balaban J connectivity index is 3.30. The van der Waals surface area contributed by atoms with E-state index in [-0.39, 0.29) is 5.92 Å². The molecule has 0 aromatic rings. The second kappa shape index (κ2) is 14.4. The van der Waals surface area contributed by atoms with E-state index in [9.17, 15) is 4.79 Å². The molecule has 0 aliphatic heterocycles. The van der Waals surface area contributed by atoms with Gasteiger partial charge in [0.15, 0.2) is 0 Å². The molecular weight excluding hydrogens is 248 g/mol. The summed E-state index contributed by atoms with van der Waals surface area (Å²) in [6, 6.07) is 0. The van der Waals surface area contributed by atoms with Gasteiger partial charge in [-0.2, -0.15) is 0 Å². The molecule has 0 saturated carbocycles.